The Kier molecular flexibility index (Phi) is 20.5. The van der Waals surface area contributed by atoms with Crippen molar-refractivity contribution in [1.29, 1.82) is 0 Å². The Balaban J connectivity index is 0.000000199. The number of esters is 2. The number of alkyl halides is 3. The maximum Gasteiger partial charge on any atom is 0.394 e. The molecule has 82 heavy (non-hydrogen) atoms. The Morgan fingerprint density at radius 3 is 2.00 bits per heavy atom. The smallest absolute Gasteiger partial charge is 0.394 e. The SMILES string of the molecule is CC(C)(C)NCC(O)c1cc(O)cc(O)c1.CCC(=O)O[C@]1(C(=O)SCF)[C@H](C)C[C@H]2[C@@H]3C[C@H](F)C4=CC(=O)C=C[C@]4(C)[C@@]3(F)[C@@H](O)C[C@@]21C.C[N+]1(C)C2CC(OC(=O)C(O)(c3cccs3)c3cccs3)CC1[C@@H]1O[C@H]21.O=S(=O)(O)O.[Br-]. The number of carbonyl (C=O) groups is 4. The number of thiophene rings is 2. The molecule has 3 saturated heterocycles. The van der Waals surface area contributed by atoms with Gasteiger partial charge in [-0.3, -0.25) is 23.5 Å². The van der Waals surface area contributed by atoms with E-state index in [0.717, 1.165) is 23.4 Å². The number of ether oxygens (including phenoxy) is 3. The molecule has 4 aliphatic carbocycles. The Labute approximate surface area is 498 Å². The van der Waals surface area contributed by atoms with Gasteiger partial charge in [0.2, 0.25) is 10.7 Å². The fourth-order valence-corrected chi connectivity index (χ4v) is 16.3. The first-order valence-electron chi connectivity index (χ1n) is 26.6. The number of hydrogen-bond acceptors (Lipinski definition) is 18. The van der Waals surface area contributed by atoms with Gasteiger partial charge in [0.05, 0.1) is 36.1 Å². The Morgan fingerprint density at radius 1 is 0.963 bits per heavy atom. The van der Waals surface area contributed by atoms with Crippen LogP contribution in [0.5, 0.6) is 11.5 Å². The molecule has 4 unspecified atom stereocenters. The largest absolute Gasteiger partial charge is 1.00 e. The molecule has 2 bridgehead atoms. The quantitative estimate of drug-likeness (QED) is 0.0561. The average Bonchev–Trinajstić information content (AvgIpc) is 3.67. The molecule has 5 heterocycles. The number of ketones is 1. The van der Waals surface area contributed by atoms with Crippen molar-refractivity contribution >= 4 is 67.7 Å². The number of morpholine rings is 1. The zero-order chi connectivity index (χ0) is 60.2. The number of aliphatic hydroxyl groups excluding tert-OH is 2. The summed E-state index contributed by atoms with van der Waals surface area (Å²) in [5, 5.41) is 57.4. The number of epoxide rings is 1. The highest BCUT2D eigenvalue weighted by molar-refractivity contribution is 8.13. The van der Waals surface area contributed by atoms with Crippen LogP contribution >= 0.6 is 34.4 Å². The number of quaternary nitrogens is 1. The van der Waals surface area contributed by atoms with E-state index in [9.17, 15) is 49.1 Å². The molecule has 0 amide bonds. The summed E-state index contributed by atoms with van der Waals surface area (Å²) in [5.41, 5.74) is -8.15. The maximum atomic E-state index is 17.2. The number of nitrogens with zero attached hydrogens (tertiary/aromatic N) is 1. The first-order valence-corrected chi connectivity index (χ1v) is 30.7. The van der Waals surface area contributed by atoms with Gasteiger partial charge in [0.1, 0.15) is 54.1 Å². The summed E-state index contributed by atoms with van der Waals surface area (Å²) < 4.78 is 96.1. The minimum absolute atomic E-state index is 0. The number of likely N-dealkylation sites (N-methyl/N-ethyl adjacent to an activating group) is 1. The van der Waals surface area contributed by atoms with Gasteiger partial charge in [-0.2, -0.15) is 8.42 Å². The Hall–Kier alpha value is -3.77. The monoisotopic (exact) mass is 1290 g/mol. The fourth-order valence-electron chi connectivity index (χ4n) is 13.8. The molecule has 10 rings (SSSR count). The van der Waals surface area contributed by atoms with Crippen molar-refractivity contribution in [2.75, 3.05) is 26.6 Å². The Bertz CT molecular complexity index is 2900. The number of fused-ring (bicyclic) bond motifs is 10. The van der Waals surface area contributed by atoms with E-state index in [1.807, 2.05) is 43.7 Å². The summed E-state index contributed by atoms with van der Waals surface area (Å²) >= 11 is 3.14. The van der Waals surface area contributed by atoms with Crippen molar-refractivity contribution < 1.29 is 111 Å². The lowest BCUT2D eigenvalue weighted by Crippen LogP contribution is -3.00. The molecule has 18 nitrogen and oxygen atoms in total. The lowest BCUT2D eigenvalue weighted by atomic mass is 9.44. The molecule has 2 aromatic heterocycles. The molecular weight excluding hydrogens is 1220 g/mol. The molecular formula is C56H74BrF3N2O16S4. The third-order valence-corrected chi connectivity index (χ3v) is 20.4. The third kappa shape index (κ3) is 12.9. The minimum atomic E-state index is -4.67. The van der Waals surface area contributed by atoms with Crippen LogP contribution in [-0.4, -0.2) is 157 Å². The summed E-state index contributed by atoms with van der Waals surface area (Å²) in [6.07, 6.45) is 1.46. The van der Waals surface area contributed by atoms with Gasteiger partial charge in [0.25, 0.3) is 0 Å². The van der Waals surface area contributed by atoms with Crippen molar-refractivity contribution in [3.63, 3.8) is 0 Å². The van der Waals surface area contributed by atoms with Crippen LogP contribution in [0.15, 0.2) is 77.0 Å². The van der Waals surface area contributed by atoms with Crippen LogP contribution in [0, 0.1) is 28.6 Å². The van der Waals surface area contributed by atoms with E-state index in [1.54, 1.807) is 32.9 Å². The molecule has 6 fully saturated rings. The first kappa shape index (κ1) is 67.4. The second kappa shape index (κ2) is 24.9. The number of nitrogens with one attached hydrogen (secondary N) is 1. The minimum Gasteiger partial charge on any atom is -1.00 e. The zero-order valence-electron chi connectivity index (χ0n) is 46.8. The molecule has 1 aromatic carbocycles. The third-order valence-electron chi connectivity index (χ3n) is 17.7. The van der Waals surface area contributed by atoms with Gasteiger partial charge in [-0.15, -0.1) is 22.7 Å². The standard InChI is InChI=1S/C25H31F3O5S.C19H22NO4S2.C12H19NO3.BrH.H2O4S/c1-5-20(31)33-25(21(32)34-12-26)13(2)8-15-16-10-18(27)17-9-14(29)6-7-22(17,3)24(16,28)19(30)11-23(15,25)4;1-20(2)12-9-11(10-13(20)17-16(12)24-17)23-18(21)19(22,14-5-3-7-25-14)15-6-4-8-26-15;1-12(2,3)13-7-11(16)8-4-9(14)6-10(15)5-8;;1-5(2,3)4/h6-7,9,13,15-16,18-19,30H,5,8,10-12H2,1-4H3;3-8,11-13,16-17,22H,9-10H2,1-2H3;4-6,11,13-16H,7H2,1-3H3;1H;(H2,1,2,3,4)/q;+1;;;/p-1/t13-,15+,16+,18+,19+,22+,23+,24+,25+;11?,12?,13?,16-,17+;;;/m1..../s1. The van der Waals surface area contributed by atoms with Crippen LogP contribution in [0.25, 0.3) is 0 Å². The van der Waals surface area contributed by atoms with Crippen LogP contribution in [-0.2, 0) is 49.4 Å². The normalized spacial score (nSPS) is 33.9. The Morgan fingerprint density at radius 2 is 1.51 bits per heavy atom. The molecule has 7 aliphatic rings. The molecule has 3 saturated carbocycles. The van der Waals surface area contributed by atoms with Gasteiger partial charge in [-0.25, -0.2) is 18.0 Å². The van der Waals surface area contributed by atoms with Crippen molar-refractivity contribution in [2.24, 2.45) is 28.6 Å². The molecule has 3 aliphatic heterocycles. The molecule has 15 atom stereocenters. The lowest BCUT2D eigenvalue weighted by Gasteiger charge is -2.63. The van der Waals surface area contributed by atoms with E-state index in [-0.39, 0.29) is 71.4 Å². The summed E-state index contributed by atoms with van der Waals surface area (Å²) in [5.74, 6) is -3.96. The number of benzene rings is 1. The van der Waals surface area contributed by atoms with Crippen LogP contribution in [0.4, 0.5) is 13.2 Å². The number of allylic oxidation sites excluding steroid dienone is 4. The number of aliphatic hydroxyl groups is 3. The van der Waals surface area contributed by atoms with Gasteiger partial charge in [-0.1, -0.05) is 39.0 Å². The summed E-state index contributed by atoms with van der Waals surface area (Å²) in [6.45, 7) is 12.8. The summed E-state index contributed by atoms with van der Waals surface area (Å²) in [7, 11) is -0.174. The van der Waals surface area contributed by atoms with Crippen molar-refractivity contribution in [1.82, 2.24) is 5.32 Å². The second-order valence-electron chi connectivity index (χ2n) is 24.0. The van der Waals surface area contributed by atoms with E-state index in [1.165, 1.54) is 59.9 Å². The highest BCUT2D eigenvalue weighted by Crippen LogP contribution is 2.72. The molecule has 8 N–H and O–H groups in total. The number of thioether (sulfide) groups is 1. The van der Waals surface area contributed by atoms with Gasteiger partial charge in [-0.05, 0) is 123 Å². The van der Waals surface area contributed by atoms with Crippen LogP contribution < -0.4 is 22.3 Å². The maximum absolute atomic E-state index is 17.2. The zero-order valence-corrected chi connectivity index (χ0v) is 51.7. The molecule has 26 heteroatoms. The number of phenolic OH excluding ortho intramolecular Hbond substituents is 2. The van der Waals surface area contributed by atoms with Crippen molar-refractivity contribution in [3.8, 4) is 11.5 Å². The topological polar surface area (TPSA) is 287 Å². The second-order valence-corrected chi connectivity index (χ2v) is 27.6. The highest BCUT2D eigenvalue weighted by Gasteiger charge is 2.78. The number of aromatic hydroxyl groups is 2. The summed E-state index contributed by atoms with van der Waals surface area (Å²) in [6, 6.07) is 11.1. The number of piperidine rings is 1. The number of β-amino-alcohol motifs (C(OH)–C–C–N with tert-alkyl or cyclic N) is 1. The van der Waals surface area contributed by atoms with Crippen molar-refractivity contribution in [2.45, 2.75) is 158 Å². The van der Waals surface area contributed by atoms with Crippen LogP contribution in [0.2, 0.25) is 0 Å². The van der Waals surface area contributed by atoms with Gasteiger partial charge >= 0.3 is 22.3 Å². The molecule has 0 spiro atoms. The summed E-state index contributed by atoms with van der Waals surface area (Å²) in [4.78, 5) is 52.1. The van der Waals surface area contributed by atoms with E-state index in [0.29, 0.717) is 57.9 Å². The van der Waals surface area contributed by atoms with Crippen molar-refractivity contribution in [3.05, 3.63) is 92.3 Å². The van der Waals surface area contributed by atoms with Gasteiger partial charge in [0.15, 0.2) is 17.1 Å². The average molecular weight is 1300 g/mol. The highest BCUT2D eigenvalue weighted by atomic mass is 79.9. The first-order chi connectivity index (χ1) is 37.5. The van der Waals surface area contributed by atoms with Gasteiger partial charge in [0, 0.05) is 60.1 Å². The molecule has 456 valence electrons. The number of rotatable bonds is 11. The molecule has 3 aromatic rings. The predicted octanol–water partition coefficient (Wildman–Crippen LogP) is 4.65. The molecule has 0 radical (unpaired) electrons. The predicted molar refractivity (Wildman–Crippen MR) is 297 cm³/mol. The van der Waals surface area contributed by atoms with Crippen LogP contribution in [0.1, 0.15) is 108 Å². The van der Waals surface area contributed by atoms with E-state index in [4.69, 9.17) is 31.7 Å². The number of carbonyl (C=O) groups excluding carboxylic acids is 4. The number of halogens is 4. The lowest BCUT2D eigenvalue weighted by molar-refractivity contribution is -0.938. The van der Waals surface area contributed by atoms with E-state index in [2.05, 4.69) is 19.4 Å². The number of phenols is 2. The van der Waals surface area contributed by atoms with E-state index < -0.39 is 103 Å². The van der Waals surface area contributed by atoms with E-state index >= 15 is 8.78 Å². The fraction of sp³-hybridized carbons (Fsp3) is 0.607. The van der Waals surface area contributed by atoms with Gasteiger partial charge < -0.3 is 66.5 Å². The van der Waals surface area contributed by atoms with Crippen LogP contribution in [0.3, 0.4) is 0 Å². The number of hydrogen-bond donors (Lipinski definition) is 8.